The lowest BCUT2D eigenvalue weighted by Crippen LogP contribution is -2.26. The average molecular weight is 457 g/mol. The first-order valence-corrected chi connectivity index (χ1v) is 9.35. The summed E-state index contributed by atoms with van der Waals surface area (Å²) in [5, 5.41) is 3.97. The molecule has 0 fully saturated rings. The first kappa shape index (κ1) is 23.5. The number of rotatable bonds is 7. The highest BCUT2D eigenvalue weighted by atomic mass is 35.5. The van der Waals surface area contributed by atoms with E-state index in [1.54, 1.807) is 18.2 Å². The van der Waals surface area contributed by atoms with Gasteiger partial charge in [-0.05, 0) is 41.5 Å². The molecule has 0 atom stereocenters. The van der Waals surface area contributed by atoms with Crippen molar-refractivity contribution in [3.63, 3.8) is 0 Å². The summed E-state index contributed by atoms with van der Waals surface area (Å²) in [7, 11) is 1.23. The lowest BCUT2D eigenvalue weighted by atomic mass is 10.1. The van der Waals surface area contributed by atoms with E-state index in [0.717, 1.165) is 20.5 Å². The number of benzene rings is 1. The van der Waals surface area contributed by atoms with Crippen molar-refractivity contribution in [3.8, 4) is 10.4 Å². The Hall–Kier alpha value is -2.82. The van der Waals surface area contributed by atoms with E-state index in [0.29, 0.717) is 11.9 Å². The van der Waals surface area contributed by atoms with Crippen LogP contribution in [0.3, 0.4) is 0 Å². The van der Waals surface area contributed by atoms with Crippen molar-refractivity contribution in [2.24, 2.45) is 5.73 Å². The Kier molecular flexibility index (Phi) is 8.04. The third-order valence-electron chi connectivity index (χ3n) is 4.16. The normalized spacial score (nSPS) is 11.3. The molecule has 0 aliphatic heterocycles. The Morgan fingerprint density at radius 3 is 2.77 bits per heavy atom. The molecule has 1 aromatic carbocycles. The summed E-state index contributed by atoms with van der Waals surface area (Å²) in [5.41, 5.74) is 5.91. The molecule has 160 valence electrons. The van der Waals surface area contributed by atoms with E-state index < -0.39 is 17.5 Å². The Morgan fingerprint density at radius 2 is 2.10 bits per heavy atom. The molecule has 0 aliphatic rings. The molecule has 3 aromatic rings. The maximum absolute atomic E-state index is 13.9. The quantitative estimate of drug-likeness (QED) is 0.552. The number of hydrogen-bond acceptors (Lipinski definition) is 6. The molecular weight excluding hydrogens is 438 g/mol. The summed E-state index contributed by atoms with van der Waals surface area (Å²) >= 11 is 1.35. The molecule has 0 spiro atoms. The lowest BCUT2D eigenvalue weighted by molar-refractivity contribution is 0.0600. The lowest BCUT2D eigenvalue weighted by Gasteiger charge is -2.03. The number of thiophene rings is 1. The fourth-order valence-corrected chi connectivity index (χ4v) is 3.67. The van der Waals surface area contributed by atoms with Gasteiger partial charge in [0, 0.05) is 16.3 Å². The molecule has 2 aromatic heterocycles. The minimum Gasteiger partial charge on any atom is -0.465 e. The molecule has 0 saturated carbocycles. The van der Waals surface area contributed by atoms with E-state index in [2.05, 4.69) is 9.84 Å². The Labute approximate surface area is 180 Å². The van der Waals surface area contributed by atoms with Gasteiger partial charge >= 0.3 is 11.7 Å². The van der Waals surface area contributed by atoms with Gasteiger partial charge in [0.05, 0.1) is 32.1 Å². The van der Waals surface area contributed by atoms with Crippen LogP contribution in [0.4, 0.5) is 8.78 Å². The van der Waals surface area contributed by atoms with Crippen molar-refractivity contribution in [3.05, 3.63) is 75.3 Å². The van der Waals surface area contributed by atoms with Crippen molar-refractivity contribution in [2.45, 2.75) is 13.1 Å². The molecule has 0 saturated heterocycles. The van der Waals surface area contributed by atoms with Gasteiger partial charge in [-0.2, -0.15) is 5.10 Å². The molecule has 30 heavy (non-hydrogen) atoms. The number of nitrogens with zero attached hydrogens (tertiary/aromatic N) is 3. The number of aromatic nitrogens is 3. The van der Waals surface area contributed by atoms with Gasteiger partial charge < -0.3 is 10.5 Å². The molecule has 11 heteroatoms. The highest BCUT2D eigenvalue weighted by Gasteiger charge is 2.13. The average Bonchev–Trinajstić information content (AvgIpc) is 3.33. The summed E-state index contributed by atoms with van der Waals surface area (Å²) in [4.78, 5) is 25.6. The Bertz CT molecular complexity index is 1120. The monoisotopic (exact) mass is 456 g/mol. The maximum atomic E-state index is 13.9. The van der Waals surface area contributed by atoms with Crippen molar-refractivity contribution in [2.75, 3.05) is 13.7 Å². The zero-order valence-corrected chi connectivity index (χ0v) is 17.5. The van der Waals surface area contributed by atoms with E-state index in [1.807, 2.05) is 0 Å². The zero-order chi connectivity index (χ0) is 21.0. The number of carbonyl (C=O) groups excluding carboxylic acids is 1. The third kappa shape index (κ3) is 5.21. The number of nitrogens with two attached hydrogens (primary N) is 1. The van der Waals surface area contributed by atoms with Crippen molar-refractivity contribution >= 4 is 29.7 Å². The maximum Gasteiger partial charge on any atom is 0.346 e. The molecule has 3 rings (SSSR count). The number of carbonyl (C=O) groups is 1. The fourth-order valence-electron chi connectivity index (χ4n) is 2.68. The van der Waals surface area contributed by atoms with Crippen molar-refractivity contribution in [1.82, 2.24) is 14.3 Å². The number of methoxy groups -OCH3 is 1. The summed E-state index contributed by atoms with van der Waals surface area (Å²) in [6.07, 6.45) is 1.74. The minimum absolute atomic E-state index is 0. The molecular formula is C19H19ClF2N4O3S. The summed E-state index contributed by atoms with van der Waals surface area (Å²) in [6, 6.07) is 7.57. The second-order valence-electron chi connectivity index (χ2n) is 6.16. The smallest absolute Gasteiger partial charge is 0.346 e. The van der Waals surface area contributed by atoms with Crippen LogP contribution < -0.4 is 11.4 Å². The molecule has 0 amide bonds. The van der Waals surface area contributed by atoms with Gasteiger partial charge in [-0.25, -0.2) is 23.1 Å². The predicted octanol–water partition coefficient (Wildman–Crippen LogP) is 2.98. The SMILES string of the molecule is COC(=O)c1cc(F)cc(-c2ccc(Cn3cnn(C/C(=C/F)CN)c3=O)s2)c1.Cl. The molecule has 2 N–H and O–H groups in total. The number of ether oxygens (including phenoxy) is 1. The van der Waals surface area contributed by atoms with Crippen molar-refractivity contribution in [1.29, 1.82) is 0 Å². The molecule has 7 nitrogen and oxygen atoms in total. The standard InChI is InChI=1S/C19H18F2N4O3S.ClH/c1-28-18(26)14-4-13(5-15(21)6-14)17-3-2-16(29-17)10-24-11-23-25(19(24)27)9-12(7-20)8-22;/h2-7,11H,8-10,22H2,1H3;1H/b12-7+;. The summed E-state index contributed by atoms with van der Waals surface area (Å²) < 4.78 is 33.7. The summed E-state index contributed by atoms with van der Waals surface area (Å²) in [5.74, 6) is -1.17. The van der Waals surface area contributed by atoms with E-state index in [4.69, 9.17) is 5.73 Å². The fraction of sp³-hybridized carbons (Fsp3) is 0.211. The van der Waals surface area contributed by atoms with Gasteiger partial charge in [-0.15, -0.1) is 23.7 Å². The van der Waals surface area contributed by atoms with Crippen LogP contribution in [0.2, 0.25) is 0 Å². The Morgan fingerprint density at radius 1 is 1.33 bits per heavy atom. The largest absolute Gasteiger partial charge is 0.465 e. The van der Waals surface area contributed by atoms with E-state index in [9.17, 15) is 18.4 Å². The minimum atomic E-state index is -0.624. The molecule has 0 bridgehead atoms. The van der Waals surface area contributed by atoms with Crippen LogP contribution in [0.5, 0.6) is 0 Å². The van der Waals surface area contributed by atoms with Gasteiger partial charge in [0.1, 0.15) is 12.1 Å². The van der Waals surface area contributed by atoms with Gasteiger partial charge in [-0.1, -0.05) is 0 Å². The van der Waals surface area contributed by atoms with Crippen LogP contribution in [-0.2, 0) is 17.8 Å². The van der Waals surface area contributed by atoms with Crippen LogP contribution in [0, 0.1) is 5.82 Å². The highest BCUT2D eigenvalue weighted by molar-refractivity contribution is 7.15. The Balaban J connectivity index is 0.00000320. The molecule has 0 radical (unpaired) electrons. The predicted molar refractivity (Wildman–Crippen MR) is 112 cm³/mol. The number of halogens is 3. The molecule has 2 heterocycles. The van der Waals surface area contributed by atoms with Crippen LogP contribution in [0.15, 0.2) is 53.4 Å². The van der Waals surface area contributed by atoms with Crippen LogP contribution in [0.25, 0.3) is 10.4 Å². The first-order chi connectivity index (χ1) is 13.9. The van der Waals surface area contributed by atoms with E-state index in [1.165, 1.54) is 35.4 Å². The third-order valence-corrected chi connectivity index (χ3v) is 5.28. The van der Waals surface area contributed by atoms with Gasteiger partial charge in [-0.3, -0.25) is 4.57 Å². The topological polar surface area (TPSA) is 92.1 Å². The van der Waals surface area contributed by atoms with Crippen LogP contribution in [-0.4, -0.2) is 34.0 Å². The van der Waals surface area contributed by atoms with E-state index in [-0.39, 0.29) is 43.2 Å². The highest BCUT2D eigenvalue weighted by Crippen LogP contribution is 2.30. The number of hydrogen-bond donors (Lipinski definition) is 1. The van der Waals surface area contributed by atoms with Crippen LogP contribution >= 0.6 is 23.7 Å². The van der Waals surface area contributed by atoms with Gasteiger partial charge in [0.25, 0.3) is 0 Å². The summed E-state index contributed by atoms with van der Waals surface area (Å²) in [6.45, 7) is 0.222. The first-order valence-electron chi connectivity index (χ1n) is 8.53. The second kappa shape index (κ2) is 10.3. The van der Waals surface area contributed by atoms with Gasteiger partial charge in [0.2, 0.25) is 0 Å². The second-order valence-corrected chi connectivity index (χ2v) is 7.32. The van der Waals surface area contributed by atoms with Crippen LogP contribution in [0.1, 0.15) is 15.2 Å². The van der Waals surface area contributed by atoms with Crippen molar-refractivity contribution < 1.29 is 18.3 Å². The zero-order valence-electron chi connectivity index (χ0n) is 15.9. The van der Waals surface area contributed by atoms with Gasteiger partial charge in [0.15, 0.2) is 0 Å². The molecule has 0 unspecified atom stereocenters. The van der Waals surface area contributed by atoms with E-state index >= 15 is 0 Å². The number of esters is 1. The molecule has 0 aliphatic carbocycles.